The maximum Gasteiger partial charge on any atom is 0.472 e. The molecule has 0 aromatic rings. The first-order chi connectivity index (χ1) is 45.5. The van der Waals surface area contributed by atoms with Crippen LogP contribution in [-0.4, -0.2) is 73.4 Å². The van der Waals surface area contributed by atoms with E-state index in [4.69, 9.17) is 9.05 Å². The molecule has 0 spiro atoms. The summed E-state index contributed by atoms with van der Waals surface area (Å²) in [5, 5.41) is 14.0. The molecule has 0 heterocycles. The summed E-state index contributed by atoms with van der Waals surface area (Å²) in [6.45, 7) is 4.72. The number of amides is 1. The van der Waals surface area contributed by atoms with E-state index in [2.05, 4.69) is 104 Å². The fourth-order valence-electron chi connectivity index (χ4n) is 11.9. The number of phosphoric ester groups is 1. The predicted molar refractivity (Wildman–Crippen MR) is 410 cm³/mol. The van der Waals surface area contributed by atoms with Crippen molar-refractivity contribution >= 4 is 13.7 Å². The minimum absolute atomic E-state index is 0.0527. The van der Waals surface area contributed by atoms with Crippen LogP contribution in [-0.2, 0) is 18.4 Å². The molecule has 0 aliphatic heterocycles. The maximum atomic E-state index is 13.1. The van der Waals surface area contributed by atoms with E-state index in [1.54, 1.807) is 6.08 Å². The molecule has 0 saturated heterocycles. The normalized spacial score (nSPS) is 14.0. The summed E-state index contributed by atoms with van der Waals surface area (Å²) in [6.07, 6.45) is 108. The standard InChI is InChI=1S/C84H155N2O6P/c1-6-8-10-12-14-16-18-20-22-24-26-28-30-32-34-36-38-39-40-41-42-43-44-45-46-47-48-50-52-54-56-58-60-62-64-66-68-70-72-74-76-78-84(88)85-82(81-92-93(89,90)91-80-79-86(3,4)5)83(87)77-75-73-71-69-67-65-63-61-59-57-55-53-51-49-37-35-33-31-29-27-25-23-21-19-17-15-13-11-9-7-2/h8,10,14,16,20,22,26,28,32,34,59,61,67,69,75,77,82-83,87H,6-7,9,11-13,15,17-19,21,23-25,27,29-31,33,35-58,60,62-66,68,70-74,76,78-81H2,1-5H3,(H-,85,88,89,90)/p+1/b10-8-,16-14-,22-20-,28-26-,34-32-,61-59+,69-67+,77-75+. The van der Waals surface area contributed by atoms with Crippen molar-refractivity contribution in [1.29, 1.82) is 0 Å². The van der Waals surface area contributed by atoms with Gasteiger partial charge in [0.25, 0.3) is 0 Å². The Balaban J connectivity index is 3.99. The fraction of sp³-hybridized carbons (Fsp3) is 0.798. The maximum absolute atomic E-state index is 13.1. The minimum atomic E-state index is -4.37. The molecule has 542 valence electrons. The van der Waals surface area contributed by atoms with Gasteiger partial charge in [0.05, 0.1) is 39.9 Å². The monoisotopic (exact) mass is 1320 g/mol. The molecule has 8 nitrogen and oxygen atoms in total. The summed E-state index contributed by atoms with van der Waals surface area (Å²) in [5.74, 6) is -0.185. The van der Waals surface area contributed by atoms with Crippen LogP contribution < -0.4 is 5.32 Å². The first-order valence-corrected chi connectivity index (χ1v) is 41.6. The summed E-state index contributed by atoms with van der Waals surface area (Å²) < 4.78 is 23.9. The van der Waals surface area contributed by atoms with Crippen molar-refractivity contribution in [3.63, 3.8) is 0 Å². The van der Waals surface area contributed by atoms with Crippen LogP contribution in [0.3, 0.4) is 0 Å². The van der Waals surface area contributed by atoms with Crippen LogP contribution in [0.5, 0.6) is 0 Å². The second-order valence-corrected chi connectivity index (χ2v) is 29.8. The lowest BCUT2D eigenvalue weighted by Crippen LogP contribution is -2.45. The van der Waals surface area contributed by atoms with Gasteiger partial charge in [-0.2, -0.15) is 0 Å². The van der Waals surface area contributed by atoms with E-state index in [0.29, 0.717) is 17.4 Å². The Bertz CT molecular complexity index is 1840. The molecular formula is C84H156N2O6P+. The number of hydrogen-bond donors (Lipinski definition) is 3. The van der Waals surface area contributed by atoms with Gasteiger partial charge in [0.2, 0.25) is 5.91 Å². The van der Waals surface area contributed by atoms with Crippen molar-refractivity contribution < 1.29 is 32.9 Å². The molecule has 0 aliphatic carbocycles. The van der Waals surface area contributed by atoms with Crippen LogP contribution in [0, 0.1) is 0 Å². The molecule has 0 rings (SSSR count). The first-order valence-electron chi connectivity index (χ1n) is 40.1. The van der Waals surface area contributed by atoms with Gasteiger partial charge in [-0.3, -0.25) is 13.8 Å². The molecule has 3 unspecified atom stereocenters. The molecule has 0 aromatic carbocycles. The number of hydrogen-bond acceptors (Lipinski definition) is 5. The lowest BCUT2D eigenvalue weighted by Gasteiger charge is -2.25. The fourth-order valence-corrected chi connectivity index (χ4v) is 12.6. The number of carbonyl (C=O) groups is 1. The van der Waals surface area contributed by atoms with Gasteiger partial charge in [-0.05, 0) is 89.9 Å². The Labute approximate surface area is 579 Å². The van der Waals surface area contributed by atoms with Crippen molar-refractivity contribution in [2.45, 2.75) is 392 Å². The molecule has 0 radical (unpaired) electrons. The largest absolute Gasteiger partial charge is 0.472 e. The highest BCUT2D eigenvalue weighted by atomic mass is 31.2. The number of aliphatic hydroxyl groups excluding tert-OH is 1. The SMILES string of the molecule is CC/C=C\C/C=C\C/C=C\C/C=C\C/C=C\CCCCCCCCCCCCCCCCCCCCCCCCCCCC(=O)NC(COP(=O)(O)OCC[N+](C)(C)C)C(O)/C=C/CC/C=C/CC/C=C/CCCCCCCCCCCCCCCCCCCCCC. The molecule has 0 fully saturated rings. The van der Waals surface area contributed by atoms with Crippen molar-refractivity contribution in [1.82, 2.24) is 5.32 Å². The zero-order chi connectivity index (χ0) is 67.6. The van der Waals surface area contributed by atoms with E-state index in [0.717, 1.165) is 77.0 Å². The van der Waals surface area contributed by atoms with Gasteiger partial charge >= 0.3 is 7.82 Å². The molecule has 1 amide bonds. The van der Waals surface area contributed by atoms with E-state index in [-0.39, 0.29) is 19.1 Å². The lowest BCUT2D eigenvalue weighted by molar-refractivity contribution is -0.870. The number of nitrogens with zero attached hydrogens (tertiary/aromatic N) is 1. The number of nitrogens with one attached hydrogen (secondary N) is 1. The molecule has 0 aromatic heterocycles. The lowest BCUT2D eigenvalue weighted by atomic mass is 10.0. The summed E-state index contributed by atoms with van der Waals surface area (Å²) in [5.41, 5.74) is 0. The number of phosphoric acid groups is 1. The Morgan fingerprint density at radius 1 is 0.376 bits per heavy atom. The van der Waals surface area contributed by atoms with Crippen molar-refractivity contribution in [2.24, 2.45) is 0 Å². The second kappa shape index (κ2) is 73.7. The predicted octanol–water partition coefficient (Wildman–Crippen LogP) is 26.4. The van der Waals surface area contributed by atoms with Gasteiger partial charge in [0.1, 0.15) is 13.2 Å². The highest BCUT2D eigenvalue weighted by molar-refractivity contribution is 7.47. The molecule has 9 heteroatoms. The van der Waals surface area contributed by atoms with Gasteiger partial charge in [0.15, 0.2) is 0 Å². The summed E-state index contributed by atoms with van der Waals surface area (Å²) in [6, 6.07) is -0.874. The zero-order valence-corrected chi connectivity index (χ0v) is 63.1. The molecule has 0 aliphatic rings. The van der Waals surface area contributed by atoms with Crippen LogP contribution >= 0.6 is 7.82 Å². The molecular weight excluding hydrogens is 1160 g/mol. The topological polar surface area (TPSA) is 105 Å². The van der Waals surface area contributed by atoms with E-state index in [1.165, 1.54) is 283 Å². The number of aliphatic hydroxyl groups is 1. The van der Waals surface area contributed by atoms with Crippen LogP contribution in [0.4, 0.5) is 0 Å². The van der Waals surface area contributed by atoms with E-state index in [9.17, 15) is 19.4 Å². The van der Waals surface area contributed by atoms with Gasteiger partial charge in [0, 0.05) is 6.42 Å². The van der Waals surface area contributed by atoms with Crippen LogP contribution in [0.1, 0.15) is 380 Å². The molecule has 0 saturated carbocycles. The molecule has 3 N–H and O–H groups in total. The second-order valence-electron chi connectivity index (χ2n) is 28.4. The number of carbonyl (C=O) groups excluding carboxylic acids is 1. The number of unbranched alkanes of at least 4 members (excludes halogenated alkanes) is 47. The summed E-state index contributed by atoms with van der Waals surface area (Å²) >= 11 is 0. The highest BCUT2D eigenvalue weighted by Crippen LogP contribution is 2.43. The number of likely N-dealkylation sites (N-methyl/N-ethyl adjacent to an activating group) is 1. The van der Waals surface area contributed by atoms with E-state index >= 15 is 0 Å². The van der Waals surface area contributed by atoms with Gasteiger partial charge in [-0.1, -0.05) is 381 Å². The van der Waals surface area contributed by atoms with E-state index in [1.807, 2.05) is 27.2 Å². The van der Waals surface area contributed by atoms with Crippen molar-refractivity contribution in [2.75, 3.05) is 40.9 Å². The molecule has 93 heavy (non-hydrogen) atoms. The van der Waals surface area contributed by atoms with E-state index < -0.39 is 20.0 Å². The third-order valence-corrected chi connectivity index (χ3v) is 19.0. The van der Waals surface area contributed by atoms with Crippen LogP contribution in [0.15, 0.2) is 97.2 Å². The smallest absolute Gasteiger partial charge is 0.387 e. The van der Waals surface area contributed by atoms with Gasteiger partial charge in [-0.15, -0.1) is 0 Å². The minimum Gasteiger partial charge on any atom is -0.387 e. The third kappa shape index (κ3) is 76.7. The Hall–Kier alpha value is -2.58. The Morgan fingerprint density at radius 2 is 0.656 bits per heavy atom. The summed E-state index contributed by atoms with van der Waals surface area (Å²) in [7, 11) is 1.56. The van der Waals surface area contributed by atoms with Crippen LogP contribution in [0.2, 0.25) is 0 Å². The van der Waals surface area contributed by atoms with Gasteiger partial charge in [-0.25, -0.2) is 4.57 Å². The van der Waals surface area contributed by atoms with Crippen molar-refractivity contribution in [3.8, 4) is 0 Å². The zero-order valence-electron chi connectivity index (χ0n) is 62.2. The number of allylic oxidation sites excluding steroid dienone is 15. The quantitative estimate of drug-likeness (QED) is 0.0243. The number of quaternary nitrogens is 1. The third-order valence-electron chi connectivity index (χ3n) is 18.0. The average molecular weight is 1320 g/mol. The molecule has 0 bridgehead atoms. The van der Waals surface area contributed by atoms with Crippen LogP contribution in [0.25, 0.3) is 0 Å². The van der Waals surface area contributed by atoms with Crippen molar-refractivity contribution in [3.05, 3.63) is 97.2 Å². The Kier molecular flexibility index (Phi) is 71.6. The molecule has 3 atom stereocenters. The van der Waals surface area contributed by atoms with Gasteiger partial charge < -0.3 is 19.8 Å². The highest BCUT2D eigenvalue weighted by Gasteiger charge is 2.28. The average Bonchev–Trinajstić information content (AvgIpc) is 2.75. The summed E-state index contributed by atoms with van der Waals surface area (Å²) in [4.78, 5) is 23.5. The number of rotatable bonds is 74. The Morgan fingerprint density at radius 3 is 0.989 bits per heavy atom. The first kappa shape index (κ1) is 90.4.